The van der Waals surface area contributed by atoms with Crippen molar-refractivity contribution in [2.75, 3.05) is 6.54 Å². The molecular formula is C9H11N3O2. The molecule has 14 heavy (non-hydrogen) atoms. The number of carbonyl (C=O) groups is 2. The van der Waals surface area contributed by atoms with Gasteiger partial charge >= 0.3 is 0 Å². The maximum atomic E-state index is 11.5. The van der Waals surface area contributed by atoms with Gasteiger partial charge in [-0.2, -0.15) is 5.26 Å². The molecule has 2 N–H and O–H groups in total. The minimum atomic E-state index is -1.14. The molecule has 0 bridgehead atoms. The zero-order valence-electron chi connectivity index (χ0n) is 7.86. The van der Waals surface area contributed by atoms with Gasteiger partial charge in [-0.05, 0) is 13.3 Å². The van der Waals surface area contributed by atoms with E-state index in [0.717, 1.165) is 4.90 Å². The number of rotatable bonds is 2. The molecule has 3 atom stereocenters. The maximum absolute atomic E-state index is 11.5. The summed E-state index contributed by atoms with van der Waals surface area (Å²) in [7, 11) is 0. The van der Waals surface area contributed by atoms with E-state index in [2.05, 4.69) is 0 Å². The van der Waals surface area contributed by atoms with Gasteiger partial charge in [0, 0.05) is 0 Å². The van der Waals surface area contributed by atoms with E-state index >= 15 is 0 Å². The van der Waals surface area contributed by atoms with Gasteiger partial charge in [0.15, 0.2) is 0 Å². The van der Waals surface area contributed by atoms with Crippen LogP contribution in [0.4, 0.5) is 0 Å². The van der Waals surface area contributed by atoms with Gasteiger partial charge in [0.1, 0.15) is 5.54 Å². The monoisotopic (exact) mass is 193 g/mol. The van der Waals surface area contributed by atoms with Crippen molar-refractivity contribution in [2.24, 2.45) is 17.6 Å². The average Bonchev–Trinajstić information content (AvgIpc) is 2.87. The minimum absolute atomic E-state index is 0.00810. The second kappa shape index (κ2) is 2.55. The van der Waals surface area contributed by atoms with Crippen LogP contribution in [0.2, 0.25) is 0 Å². The van der Waals surface area contributed by atoms with Gasteiger partial charge in [0.05, 0.1) is 24.4 Å². The molecule has 0 spiro atoms. The van der Waals surface area contributed by atoms with Gasteiger partial charge in [-0.1, -0.05) is 0 Å². The molecule has 2 fully saturated rings. The second-order valence-electron chi connectivity index (χ2n) is 4.24. The fraction of sp³-hybridized carbons (Fsp3) is 0.667. The third kappa shape index (κ3) is 1.19. The third-order valence-corrected chi connectivity index (χ3v) is 2.70. The van der Waals surface area contributed by atoms with Crippen LogP contribution in [-0.2, 0) is 9.59 Å². The van der Waals surface area contributed by atoms with E-state index in [4.69, 9.17) is 11.0 Å². The van der Waals surface area contributed by atoms with Crippen molar-refractivity contribution in [3.05, 3.63) is 0 Å². The highest BCUT2D eigenvalue weighted by Crippen LogP contribution is 2.47. The van der Waals surface area contributed by atoms with E-state index < -0.39 is 5.54 Å². The van der Waals surface area contributed by atoms with Crippen LogP contribution >= 0.6 is 0 Å². The summed E-state index contributed by atoms with van der Waals surface area (Å²) in [6, 6.07) is 1.87. The molecule has 0 aromatic carbocycles. The summed E-state index contributed by atoms with van der Waals surface area (Å²) in [5.41, 5.74) is 4.44. The topological polar surface area (TPSA) is 87.2 Å². The number of nitrogens with zero attached hydrogens (tertiary/aromatic N) is 2. The third-order valence-electron chi connectivity index (χ3n) is 2.70. The van der Waals surface area contributed by atoms with Gasteiger partial charge < -0.3 is 5.73 Å². The Morgan fingerprint density at radius 2 is 2.07 bits per heavy atom. The lowest BCUT2D eigenvalue weighted by molar-refractivity contribution is -0.141. The SMILES string of the molecule is CC(N)(C#N)CN1C(=O)C2CC2C1=O. The number of carbonyl (C=O) groups excluding carboxylic acids is 2. The van der Waals surface area contributed by atoms with Crippen molar-refractivity contribution in [2.45, 2.75) is 18.9 Å². The summed E-state index contributed by atoms with van der Waals surface area (Å²) in [6.07, 6.45) is 0.683. The molecule has 2 rings (SSSR count). The smallest absolute Gasteiger partial charge is 0.233 e. The molecule has 3 unspecified atom stereocenters. The number of fused-ring (bicyclic) bond motifs is 1. The Balaban J connectivity index is 2.11. The van der Waals surface area contributed by atoms with E-state index in [-0.39, 0.29) is 30.2 Å². The lowest BCUT2D eigenvalue weighted by Crippen LogP contribution is -2.49. The molecule has 2 aliphatic rings. The Morgan fingerprint density at radius 1 is 1.57 bits per heavy atom. The summed E-state index contributed by atoms with van der Waals surface area (Å²) in [6.45, 7) is 1.52. The fourth-order valence-electron chi connectivity index (χ4n) is 1.77. The summed E-state index contributed by atoms with van der Waals surface area (Å²) in [5.74, 6) is -0.548. The molecule has 0 radical (unpaired) electrons. The van der Waals surface area contributed by atoms with Crippen molar-refractivity contribution in [3.63, 3.8) is 0 Å². The van der Waals surface area contributed by atoms with Gasteiger partial charge in [-0.15, -0.1) is 0 Å². The van der Waals surface area contributed by atoms with Gasteiger partial charge in [0.2, 0.25) is 11.8 Å². The molecule has 0 aromatic rings. The molecule has 1 saturated carbocycles. The fourth-order valence-corrected chi connectivity index (χ4v) is 1.77. The standard InChI is InChI=1S/C9H11N3O2/c1-9(11,3-10)4-12-7(13)5-2-6(5)8(12)14/h5-6H,2,4,11H2,1H3. The number of hydrogen-bond acceptors (Lipinski definition) is 4. The molecule has 1 saturated heterocycles. The summed E-state index contributed by atoms with van der Waals surface area (Å²) in [5, 5.41) is 8.68. The Hall–Kier alpha value is -1.41. The van der Waals surface area contributed by atoms with E-state index in [1.807, 2.05) is 6.07 Å². The lowest BCUT2D eigenvalue weighted by Gasteiger charge is -2.23. The Bertz CT molecular complexity index is 336. The predicted octanol–water partition coefficient (Wildman–Crippen LogP) is -0.768. The quantitative estimate of drug-likeness (QED) is 0.583. The molecule has 1 aliphatic heterocycles. The van der Waals surface area contributed by atoms with Crippen molar-refractivity contribution >= 4 is 11.8 Å². The van der Waals surface area contributed by atoms with E-state index in [0.29, 0.717) is 6.42 Å². The average molecular weight is 193 g/mol. The van der Waals surface area contributed by atoms with Crippen LogP contribution in [0.3, 0.4) is 0 Å². The van der Waals surface area contributed by atoms with Crippen LogP contribution in [0.15, 0.2) is 0 Å². The Kier molecular flexibility index (Phi) is 1.67. The van der Waals surface area contributed by atoms with E-state index in [1.54, 1.807) is 0 Å². The van der Waals surface area contributed by atoms with Gasteiger partial charge in [0.25, 0.3) is 0 Å². The molecule has 2 amide bonds. The Labute approximate surface area is 81.5 Å². The summed E-state index contributed by atoms with van der Waals surface area (Å²) >= 11 is 0. The molecule has 5 nitrogen and oxygen atoms in total. The Morgan fingerprint density at radius 3 is 2.50 bits per heavy atom. The number of likely N-dealkylation sites (tertiary alicyclic amines) is 1. The van der Waals surface area contributed by atoms with Crippen LogP contribution in [0.5, 0.6) is 0 Å². The van der Waals surface area contributed by atoms with Crippen molar-refractivity contribution in [1.29, 1.82) is 5.26 Å². The largest absolute Gasteiger partial charge is 0.312 e. The number of amides is 2. The number of imide groups is 1. The number of piperidine rings is 1. The second-order valence-corrected chi connectivity index (χ2v) is 4.24. The van der Waals surface area contributed by atoms with Gasteiger partial charge in [-0.25, -0.2) is 0 Å². The van der Waals surface area contributed by atoms with Crippen LogP contribution in [0.1, 0.15) is 13.3 Å². The van der Waals surface area contributed by atoms with E-state index in [1.165, 1.54) is 6.92 Å². The number of hydrogen-bond donors (Lipinski definition) is 1. The molecule has 5 heteroatoms. The molecule has 1 heterocycles. The first-order valence-electron chi connectivity index (χ1n) is 4.51. The highest BCUT2D eigenvalue weighted by atomic mass is 16.2. The van der Waals surface area contributed by atoms with Gasteiger partial charge in [-0.3, -0.25) is 14.5 Å². The first kappa shape index (κ1) is 9.16. The zero-order valence-corrected chi connectivity index (χ0v) is 7.86. The number of nitrogens with two attached hydrogens (primary N) is 1. The maximum Gasteiger partial charge on any atom is 0.233 e. The summed E-state index contributed by atoms with van der Waals surface area (Å²) in [4.78, 5) is 24.1. The van der Waals surface area contributed by atoms with Crippen LogP contribution in [0, 0.1) is 23.2 Å². The first-order chi connectivity index (χ1) is 6.46. The highest BCUT2D eigenvalue weighted by molar-refractivity contribution is 6.08. The normalized spacial score (nSPS) is 33.6. The highest BCUT2D eigenvalue weighted by Gasteiger charge is 2.59. The number of nitriles is 1. The zero-order chi connectivity index (χ0) is 10.5. The van der Waals surface area contributed by atoms with Crippen molar-refractivity contribution < 1.29 is 9.59 Å². The van der Waals surface area contributed by atoms with Crippen LogP contribution in [-0.4, -0.2) is 28.8 Å². The minimum Gasteiger partial charge on any atom is -0.312 e. The van der Waals surface area contributed by atoms with E-state index in [9.17, 15) is 9.59 Å². The summed E-state index contributed by atoms with van der Waals surface area (Å²) < 4.78 is 0. The molecule has 1 aliphatic carbocycles. The van der Waals surface area contributed by atoms with Crippen molar-refractivity contribution in [1.82, 2.24) is 4.90 Å². The molecule has 0 aromatic heterocycles. The lowest BCUT2D eigenvalue weighted by atomic mass is 10.1. The first-order valence-corrected chi connectivity index (χ1v) is 4.51. The van der Waals surface area contributed by atoms with Crippen molar-refractivity contribution in [3.8, 4) is 6.07 Å². The van der Waals surface area contributed by atoms with Crippen LogP contribution in [0.25, 0.3) is 0 Å². The molecular weight excluding hydrogens is 182 g/mol. The predicted molar refractivity (Wildman–Crippen MR) is 46.5 cm³/mol. The molecule has 74 valence electrons. The van der Waals surface area contributed by atoms with Crippen LogP contribution < -0.4 is 5.73 Å².